The number of anilines is 2. The molecule has 0 unspecified atom stereocenters. The molecule has 2 fully saturated rings. The number of carboxylic acid groups (broad SMARTS) is 1. The smallest absolute Gasteiger partial charge is 0.332 e. The molecule has 0 spiro atoms. The number of carbonyl (C=O) groups is 2. The molecule has 2 aliphatic heterocycles. The molecule has 2 aliphatic rings. The quantitative estimate of drug-likeness (QED) is 0.813. The second-order valence-corrected chi connectivity index (χ2v) is 7.94. The van der Waals surface area contributed by atoms with Gasteiger partial charge in [0.15, 0.2) is 6.10 Å². The van der Waals surface area contributed by atoms with Crippen molar-refractivity contribution in [2.45, 2.75) is 31.5 Å². The number of benzene rings is 1. The third kappa shape index (κ3) is 3.59. The van der Waals surface area contributed by atoms with Gasteiger partial charge in [0.25, 0.3) is 5.91 Å². The van der Waals surface area contributed by atoms with Crippen molar-refractivity contribution in [2.75, 3.05) is 21.9 Å². The molecule has 25 heavy (non-hydrogen) atoms. The van der Waals surface area contributed by atoms with Gasteiger partial charge in [-0.15, -0.1) is 0 Å². The number of rotatable bonds is 4. The van der Waals surface area contributed by atoms with Crippen LogP contribution in [-0.4, -0.2) is 49.9 Å². The summed E-state index contributed by atoms with van der Waals surface area (Å²) in [5.41, 5.74) is 0.0944. The predicted molar refractivity (Wildman–Crippen MR) is 86.3 cm³/mol. The zero-order valence-electron chi connectivity index (χ0n) is 13.1. The first kappa shape index (κ1) is 17.6. The minimum Gasteiger partial charge on any atom is -0.479 e. The van der Waals surface area contributed by atoms with Gasteiger partial charge < -0.3 is 15.2 Å². The van der Waals surface area contributed by atoms with E-state index in [1.807, 2.05) is 0 Å². The minimum absolute atomic E-state index is 0.0461. The van der Waals surface area contributed by atoms with E-state index in [1.165, 1.54) is 12.1 Å². The Labute approximate surface area is 143 Å². The van der Waals surface area contributed by atoms with Gasteiger partial charge in [0.1, 0.15) is 11.9 Å². The SMILES string of the molecule is O=C(Nc1ccc(F)c(N2CCCS2(=O)=O)c1)[C@@H]1CC[C@H](C(=O)O)O1. The molecule has 0 bridgehead atoms. The molecule has 0 saturated carbocycles. The van der Waals surface area contributed by atoms with Gasteiger partial charge in [-0.05, 0) is 37.5 Å². The molecule has 0 radical (unpaired) electrons. The topological polar surface area (TPSA) is 113 Å². The van der Waals surface area contributed by atoms with Gasteiger partial charge in [0, 0.05) is 12.2 Å². The van der Waals surface area contributed by atoms with Crippen molar-refractivity contribution >= 4 is 33.3 Å². The Bertz CT molecular complexity index is 812. The summed E-state index contributed by atoms with van der Waals surface area (Å²) >= 11 is 0. The van der Waals surface area contributed by atoms with Crippen LogP contribution in [0.25, 0.3) is 0 Å². The molecular weight excluding hydrogens is 355 g/mol. The van der Waals surface area contributed by atoms with E-state index < -0.39 is 39.9 Å². The summed E-state index contributed by atoms with van der Waals surface area (Å²) in [6, 6.07) is 3.64. The molecule has 1 amide bonds. The maximum Gasteiger partial charge on any atom is 0.332 e. The van der Waals surface area contributed by atoms with E-state index in [0.29, 0.717) is 6.42 Å². The molecule has 2 N–H and O–H groups in total. The van der Waals surface area contributed by atoms with Gasteiger partial charge in [-0.1, -0.05) is 0 Å². The van der Waals surface area contributed by atoms with Crippen LogP contribution in [0.15, 0.2) is 18.2 Å². The molecule has 3 rings (SSSR count). The fourth-order valence-electron chi connectivity index (χ4n) is 2.93. The fraction of sp³-hybridized carbons (Fsp3) is 0.467. The van der Waals surface area contributed by atoms with Crippen LogP contribution in [-0.2, 0) is 24.3 Å². The van der Waals surface area contributed by atoms with E-state index in [-0.39, 0.29) is 36.5 Å². The molecule has 1 aromatic carbocycles. The summed E-state index contributed by atoms with van der Waals surface area (Å²) in [4.78, 5) is 23.0. The highest BCUT2D eigenvalue weighted by atomic mass is 32.2. The van der Waals surface area contributed by atoms with E-state index >= 15 is 0 Å². The van der Waals surface area contributed by atoms with Gasteiger partial charge >= 0.3 is 5.97 Å². The fourth-order valence-corrected chi connectivity index (χ4v) is 4.49. The maximum absolute atomic E-state index is 14.0. The van der Waals surface area contributed by atoms with Crippen LogP contribution in [0.2, 0.25) is 0 Å². The number of hydrogen-bond acceptors (Lipinski definition) is 5. The Morgan fingerprint density at radius 2 is 2.00 bits per heavy atom. The van der Waals surface area contributed by atoms with Crippen LogP contribution in [0.1, 0.15) is 19.3 Å². The summed E-state index contributed by atoms with van der Waals surface area (Å²) in [6.45, 7) is 0.183. The number of carboxylic acids is 1. The highest BCUT2D eigenvalue weighted by molar-refractivity contribution is 7.93. The number of amides is 1. The Balaban J connectivity index is 1.75. The number of aliphatic carboxylic acids is 1. The highest BCUT2D eigenvalue weighted by Crippen LogP contribution is 2.30. The summed E-state index contributed by atoms with van der Waals surface area (Å²) in [5.74, 6) is -2.43. The van der Waals surface area contributed by atoms with Gasteiger partial charge in [0.2, 0.25) is 10.0 Å². The van der Waals surface area contributed by atoms with Crippen LogP contribution >= 0.6 is 0 Å². The Morgan fingerprint density at radius 3 is 2.60 bits per heavy atom. The number of sulfonamides is 1. The molecule has 136 valence electrons. The first-order chi connectivity index (χ1) is 11.8. The van der Waals surface area contributed by atoms with Crippen LogP contribution in [0.3, 0.4) is 0 Å². The van der Waals surface area contributed by atoms with Gasteiger partial charge in [-0.2, -0.15) is 0 Å². The predicted octanol–water partition coefficient (Wildman–Crippen LogP) is 0.936. The number of nitrogens with zero attached hydrogens (tertiary/aromatic N) is 1. The number of ether oxygens (including phenoxy) is 1. The van der Waals surface area contributed by atoms with E-state index in [1.54, 1.807) is 0 Å². The van der Waals surface area contributed by atoms with E-state index in [0.717, 1.165) is 10.4 Å². The van der Waals surface area contributed by atoms with Crippen molar-refractivity contribution in [1.82, 2.24) is 0 Å². The summed E-state index contributed by atoms with van der Waals surface area (Å²) in [6.07, 6.45) is -1.03. The Morgan fingerprint density at radius 1 is 1.28 bits per heavy atom. The lowest BCUT2D eigenvalue weighted by Gasteiger charge is -2.19. The van der Waals surface area contributed by atoms with Gasteiger partial charge in [-0.25, -0.2) is 17.6 Å². The van der Waals surface area contributed by atoms with E-state index in [2.05, 4.69) is 5.32 Å². The number of carbonyl (C=O) groups excluding carboxylic acids is 1. The monoisotopic (exact) mass is 372 g/mol. The van der Waals surface area contributed by atoms with Crippen LogP contribution in [0, 0.1) is 5.82 Å². The van der Waals surface area contributed by atoms with Gasteiger partial charge in [0.05, 0.1) is 11.4 Å². The molecule has 2 atom stereocenters. The third-order valence-corrected chi connectivity index (χ3v) is 6.02. The van der Waals surface area contributed by atoms with Crippen LogP contribution in [0.4, 0.5) is 15.8 Å². The lowest BCUT2D eigenvalue weighted by molar-refractivity contribution is -0.150. The van der Waals surface area contributed by atoms with Crippen molar-refractivity contribution in [3.8, 4) is 0 Å². The van der Waals surface area contributed by atoms with E-state index in [9.17, 15) is 22.4 Å². The van der Waals surface area contributed by atoms with E-state index in [4.69, 9.17) is 9.84 Å². The van der Waals surface area contributed by atoms with Crippen molar-refractivity contribution < 1.29 is 32.2 Å². The average Bonchev–Trinajstić information content (AvgIpc) is 3.16. The van der Waals surface area contributed by atoms with Crippen molar-refractivity contribution in [1.29, 1.82) is 0 Å². The summed E-state index contributed by atoms with van der Waals surface area (Å²) in [7, 11) is -3.55. The molecule has 2 heterocycles. The average molecular weight is 372 g/mol. The van der Waals surface area contributed by atoms with Crippen molar-refractivity contribution in [3.05, 3.63) is 24.0 Å². The zero-order valence-corrected chi connectivity index (χ0v) is 14.0. The normalized spacial score (nSPS) is 25.1. The lowest BCUT2D eigenvalue weighted by Crippen LogP contribution is -2.30. The Hall–Kier alpha value is -2.20. The molecule has 8 nitrogen and oxygen atoms in total. The third-order valence-electron chi connectivity index (χ3n) is 4.17. The first-order valence-corrected chi connectivity index (χ1v) is 9.38. The zero-order chi connectivity index (χ0) is 18.2. The van der Waals surface area contributed by atoms with Crippen molar-refractivity contribution in [2.24, 2.45) is 0 Å². The highest BCUT2D eigenvalue weighted by Gasteiger charge is 2.35. The molecular formula is C15H17FN2O6S. The molecule has 0 aliphatic carbocycles. The van der Waals surface area contributed by atoms with Gasteiger partial charge in [-0.3, -0.25) is 9.10 Å². The lowest BCUT2D eigenvalue weighted by atomic mass is 10.2. The minimum atomic E-state index is -3.55. The largest absolute Gasteiger partial charge is 0.479 e. The molecule has 1 aromatic rings. The molecule has 0 aromatic heterocycles. The second-order valence-electron chi connectivity index (χ2n) is 5.93. The maximum atomic E-state index is 14.0. The molecule has 10 heteroatoms. The summed E-state index contributed by atoms with van der Waals surface area (Å²) < 4.78 is 44.1. The number of halogens is 1. The standard InChI is InChI=1S/C15H17FN2O6S/c16-10-3-2-9(8-11(10)18-6-1-7-25(18,22)23)17-14(19)12-4-5-13(24-12)15(20)21/h2-3,8,12-13H,1,4-7H2,(H,17,19)(H,20,21)/t12-,13+/m0/s1. The number of nitrogens with one attached hydrogen (secondary N) is 1. The second kappa shape index (κ2) is 6.60. The summed E-state index contributed by atoms with van der Waals surface area (Å²) in [5, 5.41) is 11.4. The van der Waals surface area contributed by atoms with Crippen molar-refractivity contribution in [3.63, 3.8) is 0 Å². The van der Waals surface area contributed by atoms with Crippen LogP contribution < -0.4 is 9.62 Å². The van der Waals surface area contributed by atoms with Crippen LogP contribution in [0.5, 0.6) is 0 Å². The first-order valence-electron chi connectivity index (χ1n) is 7.77. The Kier molecular flexibility index (Phi) is 4.65. The number of hydrogen-bond donors (Lipinski definition) is 2. The molecule has 2 saturated heterocycles.